The van der Waals surface area contributed by atoms with Gasteiger partial charge in [0.2, 0.25) is 0 Å². The zero-order valence-electron chi connectivity index (χ0n) is 13.9. The summed E-state index contributed by atoms with van der Waals surface area (Å²) < 4.78 is 14.0. The molecule has 1 aromatic rings. The third-order valence-electron chi connectivity index (χ3n) is 3.47. The molecule has 1 aromatic heterocycles. The fourth-order valence-electron chi connectivity index (χ4n) is 2.59. The molecule has 0 amide bonds. The fraction of sp³-hybridized carbons (Fsp3) is 0.800. The van der Waals surface area contributed by atoms with Gasteiger partial charge in [0, 0.05) is 14.2 Å². The van der Waals surface area contributed by atoms with E-state index in [4.69, 9.17) is 9.47 Å². The Morgan fingerprint density at radius 1 is 1.38 bits per heavy atom. The monoisotopic (exact) mass is 361 g/mol. The van der Waals surface area contributed by atoms with Crippen molar-refractivity contribution in [1.29, 1.82) is 0 Å². The molecule has 1 N–H and O–H groups in total. The van der Waals surface area contributed by atoms with Crippen LogP contribution >= 0.6 is 15.9 Å². The molecule has 6 heteroatoms. The number of hydrogen-bond donors (Lipinski definition) is 1. The van der Waals surface area contributed by atoms with Crippen molar-refractivity contribution in [1.82, 2.24) is 15.1 Å². The summed E-state index contributed by atoms with van der Waals surface area (Å²) >= 11 is 3.62. The van der Waals surface area contributed by atoms with Crippen LogP contribution in [0.4, 0.5) is 0 Å². The summed E-state index contributed by atoms with van der Waals surface area (Å²) in [6.45, 7) is 10.9. The number of nitrogens with zero attached hydrogens (tertiary/aromatic N) is 2. The van der Waals surface area contributed by atoms with Gasteiger partial charge in [-0.25, -0.2) is 0 Å². The molecule has 2 unspecified atom stereocenters. The van der Waals surface area contributed by atoms with Crippen molar-refractivity contribution in [2.24, 2.45) is 5.41 Å². The molecule has 0 saturated heterocycles. The number of rotatable bonds is 8. The van der Waals surface area contributed by atoms with Crippen LogP contribution in [0.5, 0.6) is 0 Å². The van der Waals surface area contributed by atoms with Crippen LogP contribution in [0.1, 0.15) is 39.4 Å². The van der Waals surface area contributed by atoms with Crippen LogP contribution in [-0.2, 0) is 16.0 Å². The predicted molar refractivity (Wildman–Crippen MR) is 88.5 cm³/mol. The molecule has 1 heterocycles. The first kappa shape index (κ1) is 18.6. The summed E-state index contributed by atoms with van der Waals surface area (Å²) in [5.41, 5.74) is 1.12. The van der Waals surface area contributed by atoms with E-state index in [9.17, 15) is 0 Å². The second-order valence-corrected chi connectivity index (χ2v) is 7.01. The van der Waals surface area contributed by atoms with Crippen molar-refractivity contribution in [2.75, 3.05) is 27.4 Å². The second-order valence-electron chi connectivity index (χ2n) is 6.15. The maximum Gasteiger partial charge on any atom is 0.0829 e. The minimum atomic E-state index is 0.0113. The number of nitrogens with one attached hydrogen (secondary N) is 1. The zero-order chi connectivity index (χ0) is 16.0. The van der Waals surface area contributed by atoms with Gasteiger partial charge in [-0.15, -0.1) is 0 Å². The first-order valence-corrected chi connectivity index (χ1v) is 8.12. The van der Waals surface area contributed by atoms with Crippen LogP contribution in [0.15, 0.2) is 10.7 Å². The molecule has 0 aliphatic carbocycles. The van der Waals surface area contributed by atoms with E-state index >= 15 is 0 Å². The number of aromatic nitrogens is 2. The maximum atomic E-state index is 5.81. The molecule has 5 nitrogen and oxygen atoms in total. The van der Waals surface area contributed by atoms with Gasteiger partial charge in [-0.05, 0) is 27.9 Å². The van der Waals surface area contributed by atoms with Crippen molar-refractivity contribution < 1.29 is 9.47 Å². The molecule has 0 radical (unpaired) electrons. The van der Waals surface area contributed by atoms with E-state index in [1.807, 2.05) is 10.9 Å². The van der Waals surface area contributed by atoms with E-state index in [0.717, 1.165) is 23.3 Å². The molecule has 21 heavy (non-hydrogen) atoms. The molecular weight excluding hydrogens is 334 g/mol. The van der Waals surface area contributed by atoms with Crippen molar-refractivity contribution in [3.63, 3.8) is 0 Å². The molecule has 0 saturated carbocycles. The summed E-state index contributed by atoms with van der Waals surface area (Å²) in [6, 6.07) is 0.0636. The van der Waals surface area contributed by atoms with Crippen LogP contribution in [-0.4, -0.2) is 43.3 Å². The molecule has 0 bridgehead atoms. The molecule has 0 aliphatic rings. The Hall–Kier alpha value is -0.430. The molecule has 0 fully saturated rings. The Morgan fingerprint density at radius 3 is 2.52 bits per heavy atom. The second kappa shape index (κ2) is 8.27. The highest BCUT2D eigenvalue weighted by Crippen LogP contribution is 2.35. The first-order chi connectivity index (χ1) is 9.86. The summed E-state index contributed by atoms with van der Waals surface area (Å²) in [6.07, 6.45) is 1.87. The van der Waals surface area contributed by atoms with Crippen LogP contribution in [0.25, 0.3) is 0 Å². The predicted octanol–water partition coefficient (Wildman–Crippen LogP) is 3.00. The third-order valence-corrected chi connectivity index (χ3v) is 4.08. The highest BCUT2D eigenvalue weighted by molar-refractivity contribution is 9.10. The Balaban J connectivity index is 3.18. The minimum Gasteiger partial charge on any atom is -0.383 e. The maximum absolute atomic E-state index is 5.81. The fourth-order valence-corrected chi connectivity index (χ4v) is 3.14. The van der Waals surface area contributed by atoms with Crippen LogP contribution in [0.2, 0.25) is 0 Å². The van der Waals surface area contributed by atoms with Gasteiger partial charge in [-0.2, -0.15) is 5.10 Å². The summed E-state index contributed by atoms with van der Waals surface area (Å²) in [5.74, 6) is 0. The van der Waals surface area contributed by atoms with E-state index in [0.29, 0.717) is 6.61 Å². The molecule has 1 rings (SSSR count). The highest BCUT2D eigenvalue weighted by Gasteiger charge is 2.36. The quantitative estimate of drug-likeness (QED) is 0.772. The van der Waals surface area contributed by atoms with E-state index in [-0.39, 0.29) is 17.6 Å². The third kappa shape index (κ3) is 4.77. The highest BCUT2D eigenvalue weighted by atomic mass is 79.9. The molecule has 0 spiro atoms. The lowest BCUT2D eigenvalue weighted by atomic mass is 9.83. The SMILES string of the molecule is CCNC(c1c(Br)cnn1CCOC)C(OC)C(C)(C)C. The smallest absolute Gasteiger partial charge is 0.0829 e. The van der Waals surface area contributed by atoms with Gasteiger partial charge in [0.05, 0.1) is 41.7 Å². The first-order valence-electron chi connectivity index (χ1n) is 7.33. The van der Waals surface area contributed by atoms with Crippen molar-refractivity contribution in [3.05, 3.63) is 16.4 Å². The Labute approximate surface area is 136 Å². The molecule has 122 valence electrons. The van der Waals surface area contributed by atoms with Crippen molar-refractivity contribution in [2.45, 2.75) is 46.4 Å². The van der Waals surface area contributed by atoms with Crippen LogP contribution in [0, 0.1) is 5.41 Å². The average Bonchev–Trinajstić information content (AvgIpc) is 2.75. The van der Waals surface area contributed by atoms with Crippen molar-refractivity contribution in [3.8, 4) is 0 Å². The summed E-state index contributed by atoms with van der Waals surface area (Å²) in [5, 5.41) is 7.99. The van der Waals surface area contributed by atoms with E-state index in [2.05, 4.69) is 54.0 Å². The van der Waals surface area contributed by atoms with E-state index in [1.165, 1.54) is 0 Å². The largest absolute Gasteiger partial charge is 0.383 e. The Bertz CT molecular complexity index is 429. The number of methoxy groups -OCH3 is 2. The molecular formula is C15H28BrN3O2. The lowest BCUT2D eigenvalue weighted by Crippen LogP contribution is -2.42. The summed E-state index contributed by atoms with van der Waals surface area (Å²) in [7, 11) is 3.47. The topological polar surface area (TPSA) is 48.3 Å². The van der Waals surface area contributed by atoms with Gasteiger partial charge >= 0.3 is 0 Å². The van der Waals surface area contributed by atoms with Gasteiger partial charge in [0.15, 0.2) is 0 Å². The molecule has 2 atom stereocenters. The van der Waals surface area contributed by atoms with Crippen LogP contribution in [0.3, 0.4) is 0 Å². The van der Waals surface area contributed by atoms with Crippen molar-refractivity contribution >= 4 is 15.9 Å². The molecule has 0 aromatic carbocycles. The van der Waals surface area contributed by atoms with E-state index in [1.54, 1.807) is 14.2 Å². The zero-order valence-corrected chi connectivity index (χ0v) is 15.5. The normalized spacial score (nSPS) is 15.2. The summed E-state index contributed by atoms with van der Waals surface area (Å²) in [4.78, 5) is 0. The van der Waals surface area contributed by atoms with Gasteiger partial charge in [0.1, 0.15) is 0 Å². The number of hydrogen-bond acceptors (Lipinski definition) is 4. The Kier molecular flexibility index (Phi) is 7.33. The van der Waals surface area contributed by atoms with Gasteiger partial charge in [-0.3, -0.25) is 4.68 Å². The standard InChI is InChI=1S/C15H28BrN3O2/c1-7-17-12(14(21-6)15(2,3)4)13-11(16)10-18-19(13)8-9-20-5/h10,12,14,17H,7-9H2,1-6H3. The van der Waals surface area contributed by atoms with E-state index < -0.39 is 0 Å². The lowest BCUT2D eigenvalue weighted by Gasteiger charge is -2.36. The average molecular weight is 362 g/mol. The number of ether oxygens (including phenoxy) is 2. The van der Waals surface area contributed by atoms with Gasteiger partial charge < -0.3 is 14.8 Å². The van der Waals surface area contributed by atoms with Gasteiger partial charge in [0.25, 0.3) is 0 Å². The minimum absolute atomic E-state index is 0.0113. The number of halogens is 1. The number of likely N-dealkylation sites (N-methyl/N-ethyl adjacent to an activating group) is 1. The van der Waals surface area contributed by atoms with Crippen LogP contribution < -0.4 is 5.32 Å². The molecule has 0 aliphatic heterocycles. The Morgan fingerprint density at radius 2 is 2.05 bits per heavy atom. The van der Waals surface area contributed by atoms with Gasteiger partial charge in [-0.1, -0.05) is 27.7 Å². The lowest BCUT2D eigenvalue weighted by molar-refractivity contribution is -0.0140.